The van der Waals surface area contributed by atoms with E-state index in [4.69, 9.17) is 0 Å². The Balaban J connectivity index is 1.79. The number of hydrogen-bond donors (Lipinski definition) is 1. The minimum atomic E-state index is -0.613. The zero-order valence-electron chi connectivity index (χ0n) is 11.4. The maximum atomic E-state index is 13.2. The van der Waals surface area contributed by atoms with Crippen LogP contribution in [0.5, 0.6) is 0 Å². The first-order valence-electron chi connectivity index (χ1n) is 7.51. The molecule has 1 N–H and O–H groups in total. The summed E-state index contributed by atoms with van der Waals surface area (Å²) in [6.45, 7) is 0. The molecule has 4 aliphatic carbocycles. The molecule has 0 aliphatic heterocycles. The molecular weight excluding hydrogens is 255 g/mol. The highest BCUT2D eigenvalue weighted by molar-refractivity contribution is 5.76. The summed E-state index contributed by atoms with van der Waals surface area (Å²) in [5.41, 5.74) is 0.618. The largest absolute Gasteiger partial charge is 0.481 e. The minimum Gasteiger partial charge on any atom is -0.481 e. The van der Waals surface area contributed by atoms with Crippen LogP contribution in [0.3, 0.4) is 0 Å². The number of benzene rings is 1. The van der Waals surface area contributed by atoms with Gasteiger partial charge >= 0.3 is 5.97 Å². The van der Waals surface area contributed by atoms with Gasteiger partial charge in [0.05, 0.1) is 5.41 Å². The molecule has 0 heterocycles. The van der Waals surface area contributed by atoms with E-state index in [2.05, 4.69) is 0 Å². The maximum absolute atomic E-state index is 13.2. The van der Waals surface area contributed by atoms with Gasteiger partial charge in [0.1, 0.15) is 5.82 Å². The van der Waals surface area contributed by atoms with E-state index in [9.17, 15) is 14.3 Å². The summed E-state index contributed by atoms with van der Waals surface area (Å²) in [5.74, 6) is 0.249. The molecule has 0 amide bonds. The number of aliphatic carboxylic acids is 1. The van der Waals surface area contributed by atoms with Crippen molar-refractivity contribution in [3.63, 3.8) is 0 Å². The van der Waals surface area contributed by atoms with Crippen molar-refractivity contribution in [1.82, 2.24) is 0 Å². The Morgan fingerprint density at radius 3 is 2.25 bits per heavy atom. The molecule has 0 aromatic heterocycles. The summed E-state index contributed by atoms with van der Waals surface area (Å²) >= 11 is 0. The lowest BCUT2D eigenvalue weighted by Gasteiger charge is -2.60. The lowest BCUT2D eigenvalue weighted by atomic mass is 9.43. The molecule has 2 nitrogen and oxygen atoms in total. The number of carbonyl (C=O) groups is 1. The van der Waals surface area contributed by atoms with E-state index in [1.807, 2.05) is 12.1 Å². The summed E-state index contributed by atoms with van der Waals surface area (Å²) in [4.78, 5) is 11.8. The van der Waals surface area contributed by atoms with E-state index >= 15 is 0 Å². The molecule has 2 atom stereocenters. The Morgan fingerprint density at radius 2 is 1.70 bits per heavy atom. The smallest absolute Gasteiger partial charge is 0.309 e. The van der Waals surface area contributed by atoms with Crippen molar-refractivity contribution in [3.05, 3.63) is 35.6 Å². The van der Waals surface area contributed by atoms with Gasteiger partial charge in [0, 0.05) is 0 Å². The summed E-state index contributed by atoms with van der Waals surface area (Å²) in [6.07, 6.45) is 5.81. The van der Waals surface area contributed by atoms with Crippen molar-refractivity contribution < 1.29 is 14.3 Å². The Labute approximate surface area is 118 Å². The number of carboxylic acids is 1. The van der Waals surface area contributed by atoms with Gasteiger partial charge in [-0.15, -0.1) is 0 Å². The Hall–Kier alpha value is -1.38. The topological polar surface area (TPSA) is 37.3 Å². The normalized spacial score (nSPS) is 41.9. The fraction of sp³-hybridized carbons (Fsp3) is 0.588. The summed E-state index contributed by atoms with van der Waals surface area (Å²) in [5, 5.41) is 9.72. The van der Waals surface area contributed by atoms with Gasteiger partial charge in [0.25, 0.3) is 0 Å². The van der Waals surface area contributed by atoms with Crippen LogP contribution < -0.4 is 0 Å². The monoisotopic (exact) mass is 274 g/mol. The molecule has 3 heteroatoms. The third kappa shape index (κ3) is 1.58. The molecule has 4 bridgehead atoms. The summed E-state index contributed by atoms with van der Waals surface area (Å²) < 4.78 is 13.2. The van der Waals surface area contributed by atoms with Gasteiger partial charge in [-0.3, -0.25) is 4.79 Å². The fourth-order valence-corrected chi connectivity index (χ4v) is 5.65. The average molecular weight is 274 g/mol. The van der Waals surface area contributed by atoms with Gasteiger partial charge in [0.15, 0.2) is 0 Å². The Kier molecular flexibility index (Phi) is 2.37. The lowest BCUT2D eigenvalue weighted by Crippen LogP contribution is -2.56. The predicted molar refractivity (Wildman–Crippen MR) is 72.8 cm³/mol. The van der Waals surface area contributed by atoms with Gasteiger partial charge in [0.2, 0.25) is 0 Å². The average Bonchev–Trinajstić information content (AvgIpc) is 2.37. The highest BCUT2D eigenvalue weighted by atomic mass is 19.1. The first-order chi connectivity index (χ1) is 9.51. The number of hydrogen-bond acceptors (Lipinski definition) is 1. The lowest BCUT2D eigenvalue weighted by molar-refractivity contribution is -0.167. The first-order valence-corrected chi connectivity index (χ1v) is 7.51. The van der Waals surface area contributed by atoms with Crippen molar-refractivity contribution in [3.8, 4) is 0 Å². The standard InChI is InChI=1S/C17H19FO2/c18-14-3-1-13(2-4-14)16-6-11-5-12(7-16)9-17(8-11,10-16)15(19)20/h1-4,11-12H,5-10H2,(H,19,20). The molecule has 0 spiro atoms. The predicted octanol–water partition coefficient (Wildman–Crippen LogP) is 3.75. The molecular formula is C17H19FO2. The van der Waals surface area contributed by atoms with Crippen LogP contribution in [0.15, 0.2) is 24.3 Å². The molecule has 1 aromatic rings. The van der Waals surface area contributed by atoms with Crippen LogP contribution in [0.4, 0.5) is 4.39 Å². The molecule has 106 valence electrons. The van der Waals surface area contributed by atoms with Crippen LogP contribution in [0, 0.1) is 23.1 Å². The van der Waals surface area contributed by atoms with Crippen LogP contribution in [-0.2, 0) is 10.2 Å². The van der Waals surface area contributed by atoms with E-state index < -0.39 is 11.4 Å². The Morgan fingerprint density at radius 1 is 1.10 bits per heavy atom. The summed E-state index contributed by atoms with van der Waals surface area (Å²) in [7, 11) is 0. The van der Waals surface area contributed by atoms with Gasteiger partial charge in [-0.1, -0.05) is 12.1 Å². The van der Waals surface area contributed by atoms with E-state index in [-0.39, 0.29) is 11.2 Å². The highest BCUT2D eigenvalue weighted by Crippen LogP contribution is 2.65. The van der Waals surface area contributed by atoms with Crippen LogP contribution in [-0.4, -0.2) is 11.1 Å². The van der Waals surface area contributed by atoms with E-state index in [1.165, 1.54) is 18.6 Å². The quantitative estimate of drug-likeness (QED) is 0.891. The second kappa shape index (κ2) is 3.84. The van der Waals surface area contributed by atoms with Crippen LogP contribution in [0.2, 0.25) is 0 Å². The van der Waals surface area contributed by atoms with Crippen molar-refractivity contribution in [2.75, 3.05) is 0 Å². The molecule has 5 rings (SSSR count). The highest BCUT2D eigenvalue weighted by Gasteiger charge is 2.61. The van der Waals surface area contributed by atoms with Gasteiger partial charge in [-0.05, 0) is 73.5 Å². The second-order valence-electron chi connectivity index (χ2n) is 7.33. The van der Waals surface area contributed by atoms with Gasteiger partial charge < -0.3 is 5.11 Å². The molecule has 0 saturated heterocycles. The minimum absolute atomic E-state index is 0.0177. The second-order valence-corrected chi connectivity index (χ2v) is 7.33. The molecule has 4 fully saturated rings. The first kappa shape index (κ1) is 12.4. The van der Waals surface area contributed by atoms with Crippen molar-refractivity contribution >= 4 is 5.97 Å². The molecule has 4 saturated carbocycles. The van der Waals surface area contributed by atoms with E-state index in [0.29, 0.717) is 11.8 Å². The van der Waals surface area contributed by atoms with E-state index in [0.717, 1.165) is 37.7 Å². The third-order valence-electron chi connectivity index (χ3n) is 5.97. The van der Waals surface area contributed by atoms with Crippen LogP contribution in [0.25, 0.3) is 0 Å². The Bertz CT molecular complexity index is 549. The molecule has 20 heavy (non-hydrogen) atoms. The number of carboxylic acid groups (broad SMARTS) is 1. The number of halogens is 1. The number of rotatable bonds is 2. The zero-order chi connectivity index (χ0) is 14.0. The summed E-state index contributed by atoms with van der Waals surface area (Å²) in [6, 6.07) is 6.78. The van der Waals surface area contributed by atoms with Crippen LogP contribution >= 0.6 is 0 Å². The van der Waals surface area contributed by atoms with Gasteiger partial charge in [-0.25, -0.2) is 4.39 Å². The maximum Gasteiger partial charge on any atom is 0.309 e. The van der Waals surface area contributed by atoms with Crippen molar-refractivity contribution in [2.45, 2.75) is 43.9 Å². The van der Waals surface area contributed by atoms with E-state index in [1.54, 1.807) is 0 Å². The van der Waals surface area contributed by atoms with Crippen molar-refractivity contribution in [1.29, 1.82) is 0 Å². The SMILES string of the molecule is O=C(O)C12CC3CC(C1)CC(c1ccc(F)cc1)(C3)C2. The third-order valence-corrected chi connectivity index (χ3v) is 5.97. The molecule has 2 unspecified atom stereocenters. The molecule has 1 aromatic carbocycles. The zero-order valence-corrected chi connectivity index (χ0v) is 11.4. The molecule has 4 aliphatic rings. The van der Waals surface area contributed by atoms with Crippen LogP contribution in [0.1, 0.15) is 44.1 Å². The molecule has 0 radical (unpaired) electrons. The van der Waals surface area contributed by atoms with Crippen molar-refractivity contribution in [2.24, 2.45) is 17.3 Å². The fourth-order valence-electron chi connectivity index (χ4n) is 5.65. The van der Waals surface area contributed by atoms with Gasteiger partial charge in [-0.2, -0.15) is 0 Å².